The molecule has 0 saturated carbocycles. The van der Waals surface area contributed by atoms with Crippen molar-refractivity contribution in [1.29, 1.82) is 0 Å². The molecule has 17 heteroatoms. The maximum absolute atomic E-state index is 15.2. The molecule has 3 saturated heterocycles. The highest BCUT2D eigenvalue weighted by Gasteiger charge is 2.45. The van der Waals surface area contributed by atoms with E-state index in [2.05, 4.69) is 45.3 Å². The van der Waals surface area contributed by atoms with Gasteiger partial charge in [0.05, 0.1) is 22.8 Å². The number of aromatic nitrogens is 5. The van der Waals surface area contributed by atoms with Crippen LogP contribution < -0.4 is 15.5 Å². The van der Waals surface area contributed by atoms with Crippen LogP contribution in [0.15, 0.2) is 54.9 Å². The normalized spacial score (nSPS) is 19.5. The summed E-state index contributed by atoms with van der Waals surface area (Å²) >= 11 is 0. The zero-order valence-corrected chi connectivity index (χ0v) is 33.6. The number of aryl methyl sites for hydroxylation is 1. The molecule has 1 unspecified atom stereocenters. The number of hydrogen-bond donors (Lipinski definition) is 2. The van der Waals surface area contributed by atoms with Gasteiger partial charge in [-0.25, -0.2) is 28.7 Å². The summed E-state index contributed by atoms with van der Waals surface area (Å²) in [5.41, 5.74) is 3.58. The first kappa shape index (κ1) is 39.3. The van der Waals surface area contributed by atoms with Crippen molar-refractivity contribution in [2.75, 3.05) is 49.5 Å². The van der Waals surface area contributed by atoms with Gasteiger partial charge in [0.2, 0.25) is 17.8 Å². The van der Waals surface area contributed by atoms with Crippen molar-refractivity contribution in [3.63, 3.8) is 0 Å². The molecule has 7 heterocycles. The molecule has 4 aliphatic rings. The Morgan fingerprint density at radius 3 is 2.32 bits per heavy atom. The molecule has 3 fully saturated rings. The maximum atomic E-state index is 15.2. The van der Waals surface area contributed by atoms with E-state index in [1.54, 1.807) is 18.2 Å². The van der Waals surface area contributed by atoms with Crippen molar-refractivity contribution in [2.24, 2.45) is 0 Å². The van der Waals surface area contributed by atoms with E-state index in [0.29, 0.717) is 28.8 Å². The summed E-state index contributed by atoms with van der Waals surface area (Å²) in [5, 5.41) is 5.30. The van der Waals surface area contributed by atoms with Crippen LogP contribution in [0.5, 0.6) is 0 Å². The van der Waals surface area contributed by atoms with Crippen molar-refractivity contribution < 1.29 is 28.0 Å². The maximum Gasteiger partial charge on any atom is 0.262 e. The molecule has 0 spiro atoms. The van der Waals surface area contributed by atoms with Crippen molar-refractivity contribution in [3.8, 4) is 11.3 Å². The van der Waals surface area contributed by atoms with E-state index in [0.717, 1.165) is 81.0 Å². The number of hydrogen-bond acceptors (Lipinski definition) is 12. The third-order valence-corrected chi connectivity index (χ3v) is 12.1. The van der Waals surface area contributed by atoms with Gasteiger partial charge in [0.25, 0.3) is 11.8 Å². The van der Waals surface area contributed by atoms with Crippen LogP contribution in [0.25, 0.3) is 22.3 Å². The Labute approximate surface area is 344 Å². The van der Waals surface area contributed by atoms with Gasteiger partial charge >= 0.3 is 0 Å². The van der Waals surface area contributed by atoms with E-state index in [9.17, 15) is 19.2 Å². The predicted molar refractivity (Wildman–Crippen MR) is 219 cm³/mol. The lowest BCUT2D eigenvalue weighted by molar-refractivity contribution is -0.136. The Morgan fingerprint density at radius 2 is 1.60 bits per heavy atom. The SMILES string of the molecule is Cc1nc2c(F)cc(-c3nc(Nc4ccc(CN5CCN(C6CCN(c7ccc8c(c7)C(=O)N(C7CCC(=O)NC7=O)C8=O)CC6)CC5)cn4)ncc3F)cc2n1C(C)C. The molecule has 2 aromatic carbocycles. The van der Waals surface area contributed by atoms with Crippen LogP contribution in [0.3, 0.4) is 0 Å². The third-order valence-electron chi connectivity index (χ3n) is 12.1. The average molecular weight is 818 g/mol. The number of fused-ring (bicyclic) bond motifs is 2. The van der Waals surface area contributed by atoms with Crippen molar-refractivity contribution in [2.45, 2.75) is 71.1 Å². The molecule has 2 N–H and O–H groups in total. The average Bonchev–Trinajstić information content (AvgIpc) is 3.71. The van der Waals surface area contributed by atoms with Gasteiger partial charge in [-0.1, -0.05) is 6.07 Å². The van der Waals surface area contributed by atoms with E-state index in [-0.39, 0.29) is 47.2 Å². The van der Waals surface area contributed by atoms with Crippen LogP contribution in [0.1, 0.15) is 77.7 Å². The number of halogens is 2. The fraction of sp³-hybridized carbons (Fsp3) is 0.395. The van der Waals surface area contributed by atoms with Gasteiger partial charge in [0.15, 0.2) is 11.6 Å². The minimum absolute atomic E-state index is 0.0270. The van der Waals surface area contributed by atoms with Crippen LogP contribution in [0.2, 0.25) is 0 Å². The number of carbonyl (C=O) groups is 4. The topological polar surface area (TPSA) is 162 Å². The summed E-state index contributed by atoms with van der Waals surface area (Å²) in [6, 6.07) is 11.6. The van der Waals surface area contributed by atoms with Gasteiger partial charge in [-0.3, -0.25) is 39.2 Å². The van der Waals surface area contributed by atoms with E-state index in [1.165, 1.54) is 6.07 Å². The molecule has 1 atom stereocenters. The number of rotatable bonds is 9. The van der Waals surface area contributed by atoms with Gasteiger partial charge < -0.3 is 14.8 Å². The molecule has 4 amide bonds. The van der Waals surface area contributed by atoms with Gasteiger partial charge in [-0.2, -0.15) is 0 Å². The zero-order chi connectivity index (χ0) is 41.8. The standard InChI is InChI=1S/C43H45F2N11O4/c1-24(2)55-25(3)48-39-32(44)18-27(19-35(39)55)38-33(45)22-47-43(51-38)49-36-8-4-26(21-46-36)23-52-14-16-54(17-15-52)28-10-12-53(13-11-28)29-5-6-30-31(20-29)42(60)56(41(30)59)34-7-9-37(57)50-40(34)58/h4-6,8,18-22,24,28,34H,7,9-17,23H2,1-3H3,(H,50,57,58)(H,46,47,49,51). The van der Waals surface area contributed by atoms with Gasteiger partial charge in [-0.15, -0.1) is 0 Å². The molecule has 0 aliphatic carbocycles. The molecule has 4 aliphatic heterocycles. The fourth-order valence-corrected chi connectivity index (χ4v) is 9.08. The molecule has 15 nitrogen and oxygen atoms in total. The van der Waals surface area contributed by atoms with Crippen molar-refractivity contribution >= 4 is 52.1 Å². The quantitative estimate of drug-likeness (QED) is 0.192. The van der Waals surface area contributed by atoms with Gasteiger partial charge in [-0.05, 0) is 82.0 Å². The van der Waals surface area contributed by atoms with E-state index < -0.39 is 41.3 Å². The number of amides is 4. The molecular formula is C43H45F2N11O4. The Morgan fingerprint density at radius 1 is 0.833 bits per heavy atom. The second-order valence-electron chi connectivity index (χ2n) is 16.2. The number of nitrogens with one attached hydrogen (secondary N) is 2. The monoisotopic (exact) mass is 817 g/mol. The molecular weight excluding hydrogens is 773 g/mol. The number of imide groups is 2. The molecule has 0 bridgehead atoms. The zero-order valence-electron chi connectivity index (χ0n) is 33.6. The second kappa shape index (κ2) is 15.8. The molecule has 9 rings (SSSR count). The number of anilines is 3. The highest BCUT2D eigenvalue weighted by Crippen LogP contribution is 2.33. The summed E-state index contributed by atoms with van der Waals surface area (Å²) in [7, 11) is 0. The molecule has 3 aromatic heterocycles. The Hall–Kier alpha value is -6.20. The van der Waals surface area contributed by atoms with Crippen LogP contribution in [-0.4, -0.2) is 114 Å². The summed E-state index contributed by atoms with van der Waals surface area (Å²) in [5.74, 6) is -1.91. The van der Waals surface area contributed by atoms with Gasteiger partial charge in [0.1, 0.15) is 28.9 Å². The van der Waals surface area contributed by atoms with Gasteiger partial charge in [0, 0.05) is 81.8 Å². The first-order valence-electron chi connectivity index (χ1n) is 20.4. The van der Waals surface area contributed by atoms with Crippen molar-refractivity contribution in [3.05, 3.63) is 89.0 Å². The predicted octanol–water partition coefficient (Wildman–Crippen LogP) is 4.99. The fourth-order valence-electron chi connectivity index (χ4n) is 9.08. The Bertz CT molecular complexity index is 2530. The minimum atomic E-state index is -0.983. The Balaban J connectivity index is 0.764. The highest BCUT2D eigenvalue weighted by molar-refractivity contribution is 6.23. The molecule has 0 radical (unpaired) electrons. The van der Waals surface area contributed by atoms with Crippen LogP contribution in [-0.2, 0) is 16.1 Å². The number of imidazole rings is 1. The lowest BCUT2D eigenvalue weighted by Crippen LogP contribution is -2.54. The summed E-state index contributed by atoms with van der Waals surface area (Å²) in [6.07, 6.45) is 5.03. The first-order valence-corrected chi connectivity index (χ1v) is 20.4. The third kappa shape index (κ3) is 7.36. The number of pyridine rings is 1. The number of piperidine rings is 2. The first-order chi connectivity index (χ1) is 28.9. The molecule has 5 aromatic rings. The Kier molecular flexibility index (Phi) is 10.3. The lowest BCUT2D eigenvalue weighted by atomic mass is 10.0. The number of carbonyl (C=O) groups excluding carboxylic acids is 4. The second-order valence-corrected chi connectivity index (χ2v) is 16.2. The molecule has 60 heavy (non-hydrogen) atoms. The molecule has 310 valence electrons. The van der Waals surface area contributed by atoms with E-state index in [4.69, 9.17) is 0 Å². The summed E-state index contributed by atoms with van der Waals surface area (Å²) in [6.45, 7) is 11.9. The number of benzene rings is 2. The van der Waals surface area contributed by atoms with Crippen LogP contribution >= 0.6 is 0 Å². The van der Waals surface area contributed by atoms with Crippen LogP contribution in [0, 0.1) is 18.6 Å². The smallest absolute Gasteiger partial charge is 0.262 e. The summed E-state index contributed by atoms with van der Waals surface area (Å²) in [4.78, 5) is 76.2. The highest BCUT2D eigenvalue weighted by atomic mass is 19.1. The number of piperazine rings is 1. The summed E-state index contributed by atoms with van der Waals surface area (Å²) < 4.78 is 32.1. The largest absolute Gasteiger partial charge is 0.371 e. The van der Waals surface area contributed by atoms with Crippen LogP contribution in [0.4, 0.5) is 26.2 Å². The van der Waals surface area contributed by atoms with E-state index in [1.807, 2.05) is 49.7 Å². The van der Waals surface area contributed by atoms with E-state index >= 15 is 8.78 Å². The number of nitrogens with zero attached hydrogens (tertiary/aromatic N) is 9. The van der Waals surface area contributed by atoms with Crippen molar-refractivity contribution in [1.82, 2.24) is 44.5 Å². The lowest BCUT2D eigenvalue weighted by Gasteiger charge is -2.43. The minimum Gasteiger partial charge on any atom is -0.371 e.